The summed E-state index contributed by atoms with van der Waals surface area (Å²) < 4.78 is 0. The average molecular weight is 211 g/mol. The molecule has 0 spiro atoms. The molecule has 2 heteroatoms. The lowest BCUT2D eigenvalue weighted by atomic mass is 10.0. The zero-order valence-corrected chi connectivity index (χ0v) is 9.40. The van der Waals surface area contributed by atoms with Crippen LogP contribution in [0.25, 0.3) is 0 Å². The molecular weight excluding hydrogens is 196 g/mol. The van der Waals surface area contributed by atoms with Crippen LogP contribution >= 0.6 is 11.6 Å². The molecule has 0 aliphatic heterocycles. The molecule has 0 heterocycles. The summed E-state index contributed by atoms with van der Waals surface area (Å²) in [7, 11) is 0. The van der Waals surface area contributed by atoms with Gasteiger partial charge in [0.15, 0.2) is 0 Å². The number of hydrogen-bond acceptors (Lipinski definition) is 1. The molecule has 0 N–H and O–H groups in total. The van der Waals surface area contributed by atoms with Gasteiger partial charge in [0.1, 0.15) is 0 Å². The molecule has 0 bridgehead atoms. The summed E-state index contributed by atoms with van der Waals surface area (Å²) in [5.74, 6) is 0. The highest BCUT2D eigenvalue weighted by Gasteiger charge is 2.00. The first-order valence-electron chi connectivity index (χ1n) is 4.84. The van der Waals surface area contributed by atoms with Gasteiger partial charge in [0, 0.05) is 6.42 Å². The Balaban J connectivity index is 2.57. The summed E-state index contributed by atoms with van der Waals surface area (Å²) in [6.07, 6.45) is 2.24. The zero-order valence-electron chi connectivity index (χ0n) is 8.64. The Labute approximate surface area is 90.1 Å². The topological polar surface area (TPSA) is 17.1 Å². The minimum absolute atomic E-state index is 0.240. The second-order valence-corrected chi connectivity index (χ2v) is 4.06. The van der Waals surface area contributed by atoms with Gasteiger partial charge in [0.2, 0.25) is 5.24 Å². The van der Waals surface area contributed by atoms with Gasteiger partial charge in [-0.05, 0) is 49.4 Å². The maximum atomic E-state index is 10.6. The van der Waals surface area contributed by atoms with Gasteiger partial charge >= 0.3 is 0 Å². The summed E-state index contributed by atoms with van der Waals surface area (Å²) >= 11 is 5.28. The molecule has 0 aliphatic rings. The molecule has 0 saturated carbocycles. The molecule has 0 amide bonds. The molecule has 0 aromatic heterocycles. The molecule has 0 unspecified atom stereocenters. The molecule has 0 saturated heterocycles. The van der Waals surface area contributed by atoms with E-state index in [1.807, 2.05) is 0 Å². The maximum absolute atomic E-state index is 10.6. The fourth-order valence-corrected chi connectivity index (χ4v) is 1.62. The third-order valence-corrected chi connectivity index (χ3v) is 2.51. The Morgan fingerprint density at radius 1 is 1.36 bits per heavy atom. The minimum atomic E-state index is -0.240. The van der Waals surface area contributed by atoms with Crippen LogP contribution in [0.4, 0.5) is 0 Å². The molecule has 0 radical (unpaired) electrons. The molecule has 0 fully saturated rings. The van der Waals surface area contributed by atoms with Crippen molar-refractivity contribution in [2.24, 2.45) is 0 Å². The van der Waals surface area contributed by atoms with E-state index in [1.165, 1.54) is 16.7 Å². The van der Waals surface area contributed by atoms with E-state index in [0.717, 1.165) is 12.8 Å². The number of carbonyl (C=O) groups is 1. The monoisotopic (exact) mass is 210 g/mol. The van der Waals surface area contributed by atoms with Crippen molar-refractivity contribution >= 4 is 16.8 Å². The highest BCUT2D eigenvalue weighted by atomic mass is 35.5. The van der Waals surface area contributed by atoms with Crippen LogP contribution in [0.2, 0.25) is 0 Å². The normalized spacial score (nSPS) is 10.2. The quantitative estimate of drug-likeness (QED) is 0.697. The lowest BCUT2D eigenvalue weighted by molar-refractivity contribution is -0.111. The molecule has 76 valence electrons. The predicted molar refractivity (Wildman–Crippen MR) is 59.7 cm³/mol. The summed E-state index contributed by atoms with van der Waals surface area (Å²) in [4.78, 5) is 10.6. The van der Waals surface area contributed by atoms with Crippen LogP contribution in [-0.4, -0.2) is 5.24 Å². The van der Waals surface area contributed by atoms with E-state index in [0.29, 0.717) is 6.42 Å². The van der Waals surface area contributed by atoms with Gasteiger partial charge in [0.05, 0.1) is 0 Å². The van der Waals surface area contributed by atoms with E-state index in [9.17, 15) is 4.79 Å². The molecular formula is C12H15ClO. The number of halogens is 1. The molecule has 1 nitrogen and oxygen atoms in total. The van der Waals surface area contributed by atoms with Crippen LogP contribution in [-0.2, 0) is 11.2 Å². The number of hydrogen-bond donors (Lipinski definition) is 0. The Bertz CT molecular complexity index is 331. The second-order valence-electron chi connectivity index (χ2n) is 3.64. The summed E-state index contributed by atoms with van der Waals surface area (Å²) in [6, 6.07) is 6.40. The maximum Gasteiger partial charge on any atom is 0.221 e. The second kappa shape index (κ2) is 5.16. The Kier molecular flexibility index (Phi) is 4.15. The zero-order chi connectivity index (χ0) is 10.6. The third-order valence-electron chi connectivity index (χ3n) is 2.32. The standard InChI is InChI=1S/C12H15ClO/c1-9-6-7-10(2)11(8-9)4-3-5-12(13)14/h6-8H,3-5H2,1-2H3. The van der Waals surface area contributed by atoms with E-state index in [4.69, 9.17) is 11.6 Å². The van der Waals surface area contributed by atoms with E-state index < -0.39 is 0 Å². The van der Waals surface area contributed by atoms with Crippen molar-refractivity contribution in [1.29, 1.82) is 0 Å². The SMILES string of the molecule is Cc1ccc(C)c(CCCC(=O)Cl)c1. The van der Waals surface area contributed by atoms with Crippen molar-refractivity contribution in [2.45, 2.75) is 33.1 Å². The first-order chi connectivity index (χ1) is 6.59. The smallest absolute Gasteiger partial charge is 0.221 e. The minimum Gasteiger partial charge on any atom is -0.281 e. The van der Waals surface area contributed by atoms with Crippen LogP contribution in [0.5, 0.6) is 0 Å². The van der Waals surface area contributed by atoms with E-state index in [2.05, 4.69) is 32.0 Å². The van der Waals surface area contributed by atoms with Gasteiger partial charge in [-0.3, -0.25) is 4.79 Å². The number of aryl methyl sites for hydroxylation is 3. The van der Waals surface area contributed by atoms with Crippen LogP contribution in [0.1, 0.15) is 29.5 Å². The van der Waals surface area contributed by atoms with E-state index in [-0.39, 0.29) is 5.24 Å². The summed E-state index contributed by atoms with van der Waals surface area (Å²) in [5, 5.41) is -0.240. The largest absolute Gasteiger partial charge is 0.281 e. The summed E-state index contributed by atoms with van der Waals surface area (Å²) in [5.41, 5.74) is 3.88. The van der Waals surface area contributed by atoms with Crippen molar-refractivity contribution in [3.63, 3.8) is 0 Å². The van der Waals surface area contributed by atoms with Gasteiger partial charge in [-0.2, -0.15) is 0 Å². The Morgan fingerprint density at radius 2 is 2.07 bits per heavy atom. The van der Waals surface area contributed by atoms with Crippen LogP contribution in [0, 0.1) is 13.8 Å². The number of benzene rings is 1. The first-order valence-corrected chi connectivity index (χ1v) is 5.22. The van der Waals surface area contributed by atoms with E-state index in [1.54, 1.807) is 0 Å². The number of carbonyl (C=O) groups excluding carboxylic acids is 1. The summed E-state index contributed by atoms with van der Waals surface area (Å²) in [6.45, 7) is 4.17. The van der Waals surface area contributed by atoms with Crippen molar-refractivity contribution in [1.82, 2.24) is 0 Å². The van der Waals surface area contributed by atoms with Crippen LogP contribution < -0.4 is 0 Å². The highest BCUT2D eigenvalue weighted by Crippen LogP contribution is 2.13. The van der Waals surface area contributed by atoms with E-state index >= 15 is 0 Å². The fraction of sp³-hybridized carbons (Fsp3) is 0.417. The first kappa shape index (κ1) is 11.3. The molecule has 14 heavy (non-hydrogen) atoms. The van der Waals surface area contributed by atoms with Gasteiger partial charge in [-0.15, -0.1) is 0 Å². The van der Waals surface area contributed by atoms with Gasteiger partial charge < -0.3 is 0 Å². The molecule has 1 aromatic carbocycles. The van der Waals surface area contributed by atoms with Gasteiger partial charge in [-0.1, -0.05) is 23.8 Å². The van der Waals surface area contributed by atoms with Crippen molar-refractivity contribution in [2.75, 3.05) is 0 Å². The average Bonchev–Trinajstić information content (AvgIpc) is 2.10. The van der Waals surface area contributed by atoms with Crippen LogP contribution in [0.15, 0.2) is 18.2 Å². The fourth-order valence-electron chi connectivity index (χ4n) is 1.49. The molecule has 0 aliphatic carbocycles. The van der Waals surface area contributed by atoms with Crippen molar-refractivity contribution in [3.05, 3.63) is 34.9 Å². The van der Waals surface area contributed by atoms with Crippen LogP contribution in [0.3, 0.4) is 0 Å². The van der Waals surface area contributed by atoms with Crippen molar-refractivity contribution < 1.29 is 4.79 Å². The lowest BCUT2D eigenvalue weighted by Crippen LogP contribution is -1.93. The van der Waals surface area contributed by atoms with Crippen molar-refractivity contribution in [3.8, 4) is 0 Å². The highest BCUT2D eigenvalue weighted by molar-refractivity contribution is 6.63. The van der Waals surface area contributed by atoms with Gasteiger partial charge in [0.25, 0.3) is 0 Å². The van der Waals surface area contributed by atoms with Gasteiger partial charge in [-0.25, -0.2) is 0 Å². The molecule has 1 rings (SSSR count). The lowest BCUT2D eigenvalue weighted by Gasteiger charge is -2.05. The molecule has 1 aromatic rings. The molecule has 0 atom stereocenters. The number of rotatable bonds is 4. The Morgan fingerprint density at radius 3 is 2.71 bits per heavy atom. The Hall–Kier alpha value is -0.820. The predicted octanol–water partition coefficient (Wildman–Crippen LogP) is 3.39. The third kappa shape index (κ3) is 3.51.